The summed E-state index contributed by atoms with van der Waals surface area (Å²) >= 11 is 0. The van der Waals surface area contributed by atoms with Crippen molar-refractivity contribution < 1.29 is 19.3 Å². The third-order valence-electron chi connectivity index (χ3n) is 7.10. The lowest BCUT2D eigenvalue weighted by molar-refractivity contribution is -0.384. The standard InChI is InChI=1S/C24H24N4O5/c29-20(25-16-7-3-8-17(12-16)28(32)33)13-18-22(30)27-23(31)24(18)10-4-6-15-11-14-5-1-2-9-19(14)26-21(15)24/h3,7-8,11-12,18H,1-2,4-6,9-10,13H2,(H,25,29)(H,27,30,31)/t18-,24-/m0/s1. The van der Waals surface area contributed by atoms with Crippen molar-refractivity contribution in [2.75, 3.05) is 5.32 Å². The first-order chi connectivity index (χ1) is 15.9. The van der Waals surface area contributed by atoms with Gasteiger partial charge in [0, 0.05) is 29.9 Å². The van der Waals surface area contributed by atoms with Crippen LogP contribution in [0.15, 0.2) is 30.3 Å². The normalized spacial score (nSPS) is 23.6. The Morgan fingerprint density at radius 1 is 1.15 bits per heavy atom. The molecule has 9 heteroatoms. The lowest BCUT2D eigenvalue weighted by Crippen LogP contribution is -2.45. The molecule has 1 aromatic carbocycles. The van der Waals surface area contributed by atoms with Gasteiger partial charge in [-0.05, 0) is 62.1 Å². The van der Waals surface area contributed by atoms with Gasteiger partial charge in [0.25, 0.3) is 5.69 Å². The zero-order valence-electron chi connectivity index (χ0n) is 18.1. The van der Waals surface area contributed by atoms with Crippen LogP contribution in [0, 0.1) is 16.0 Å². The van der Waals surface area contributed by atoms with Crippen LogP contribution < -0.4 is 10.6 Å². The number of carbonyl (C=O) groups is 3. The van der Waals surface area contributed by atoms with Crippen molar-refractivity contribution in [2.24, 2.45) is 5.92 Å². The van der Waals surface area contributed by atoms with Crippen molar-refractivity contribution in [1.29, 1.82) is 0 Å². The summed E-state index contributed by atoms with van der Waals surface area (Å²) < 4.78 is 0. The number of anilines is 1. The molecule has 1 saturated heterocycles. The highest BCUT2D eigenvalue weighted by atomic mass is 16.6. The van der Waals surface area contributed by atoms with Gasteiger partial charge >= 0.3 is 0 Å². The Morgan fingerprint density at radius 2 is 1.94 bits per heavy atom. The molecule has 5 rings (SSSR count). The Morgan fingerprint density at radius 3 is 2.76 bits per heavy atom. The zero-order valence-corrected chi connectivity index (χ0v) is 18.1. The van der Waals surface area contributed by atoms with Crippen molar-refractivity contribution in [3.63, 3.8) is 0 Å². The first-order valence-corrected chi connectivity index (χ1v) is 11.3. The number of pyridine rings is 1. The third-order valence-corrected chi connectivity index (χ3v) is 7.10. The highest BCUT2D eigenvalue weighted by Gasteiger charge is 2.59. The quantitative estimate of drug-likeness (QED) is 0.420. The van der Waals surface area contributed by atoms with Crippen molar-refractivity contribution >= 4 is 29.1 Å². The molecule has 170 valence electrons. The first kappa shape index (κ1) is 21.2. The molecule has 9 nitrogen and oxygen atoms in total. The molecule has 2 N–H and O–H groups in total. The number of hydrogen-bond acceptors (Lipinski definition) is 6. The molecule has 0 unspecified atom stereocenters. The van der Waals surface area contributed by atoms with E-state index >= 15 is 0 Å². The molecular formula is C24H24N4O5. The molecule has 2 atom stereocenters. The maximum atomic E-state index is 13.2. The summed E-state index contributed by atoms with van der Waals surface area (Å²) in [4.78, 5) is 54.3. The number of aryl methyl sites for hydroxylation is 3. The number of nitro groups is 1. The van der Waals surface area contributed by atoms with Gasteiger partial charge in [-0.25, -0.2) is 0 Å². The smallest absolute Gasteiger partial charge is 0.271 e. The van der Waals surface area contributed by atoms with Gasteiger partial charge in [-0.2, -0.15) is 0 Å². The Labute approximate surface area is 190 Å². The molecule has 2 aliphatic carbocycles. The highest BCUT2D eigenvalue weighted by Crippen LogP contribution is 2.47. The molecule has 3 amide bonds. The van der Waals surface area contributed by atoms with Crippen LogP contribution in [0.1, 0.15) is 54.6 Å². The van der Waals surface area contributed by atoms with Crippen LogP contribution in [0.25, 0.3) is 0 Å². The predicted octanol–water partition coefficient (Wildman–Crippen LogP) is 2.74. The van der Waals surface area contributed by atoms with Gasteiger partial charge in [0.05, 0.1) is 16.5 Å². The monoisotopic (exact) mass is 448 g/mol. The minimum atomic E-state index is -1.16. The second-order valence-corrected chi connectivity index (χ2v) is 9.06. The van der Waals surface area contributed by atoms with Crippen LogP contribution >= 0.6 is 0 Å². The Hall–Kier alpha value is -3.62. The molecular weight excluding hydrogens is 424 g/mol. The number of aromatic nitrogens is 1. The van der Waals surface area contributed by atoms with Crippen molar-refractivity contribution in [3.05, 3.63) is 63.0 Å². The van der Waals surface area contributed by atoms with E-state index in [2.05, 4.69) is 16.7 Å². The minimum Gasteiger partial charge on any atom is -0.326 e. The number of nitrogens with one attached hydrogen (secondary N) is 2. The van der Waals surface area contributed by atoms with Gasteiger partial charge in [0.15, 0.2) is 0 Å². The second-order valence-electron chi connectivity index (χ2n) is 9.06. The number of fused-ring (bicyclic) bond motifs is 3. The predicted molar refractivity (Wildman–Crippen MR) is 118 cm³/mol. The van der Waals surface area contributed by atoms with Gasteiger partial charge < -0.3 is 5.32 Å². The lowest BCUT2D eigenvalue weighted by atomic mass is 9.64. The maximum absolute atomic E-state index is 13.2. The number of imide groups is 1. The molecule has 3 aliphatic rings. The molecule has 1 aliphatic heterocycles. The number of rotatable bonds is 4. The summed E-state index contributed by atoms with van der Waals surface area (Å²) in [6, 6.07) is 7.76. The van der Waals surface area contributed by atoms with E-state index in [0.29, 0.717) is 12.1 Å². The molecule has 33 heavy (non-hydrogen) atoms. The van der Waals surface area contributed by atoms with Crippen LogP contribution in [-0.2, 0) is 39.1 Å². The average molecular weight is 448 g/mol. The summed E-state index contributed by atoms with van der Waals surface area (Å²) in [5.74, 6) is -2.21. The van der Waals surface area contributed by atoms with Crippen molar-refractivity contribution in [1.82, 2.24) is 10.3 Å². The van der Waals surface area contributed by atoms with Gasteiger partial charge in [-0.15, -0.1) is 0 Å². The van der Waals surface area contributed by atoms with Crippen molar-refractivity contribution in [2.45, 2.75) is 56.8 Å². The van der Waals surface area contributed by atoms with Gasteiger partial charge in [0.2, 0.25) is 17.7 Å². The number of benzene rings is 1. The van der Waals surface area contributed by atoms with E-state index in [1.807, 2.05) is 0 Å². The summed E-state index contributed by atoms with van der Waals surface area (Å²) in [5, 5.41) is 16.1. The number of nitro benzene ring substituents is 1. The van der Waals surface area contributed by atoms with Gasteiger partial charge in [0.1, 0.15) is 5.41 Å². The summed E-state index contributed by atoms with van der Waals surface area (Å²) in [5.41, 5.74) is 2.83. The zero-order chi connectivity index (χ0) is 23.2. The molecule has 0 bridgehead atoms. The molecule has 2 heterocycles. The molecule has 0 radical (unpaired) electrons. The largest absolute Gasteiger partial charge is 0.326 e. The number of nitrogens with zero attached hydrogens (tertiary/aromatic N) is 2. The maximum Gasteiger partial charge on any atom is 0.271 e. The van der Waals surface area contributed by atoms with Crippen LogP contribution in [0.5, 0.6) is 0 Å². The lowest BCUT2D eigenvalue weighted by Gasteiger charge is -2.37. The van der Waals surface area contributed by atoms with E-state index in [0.717, 1.165) is 49.8 Å². The van der Waals surface area contributed by atoms with Crippen LogP contribution in [0.3, 0.4) is 0 Å². The fourth-order valence-corrected chi connectivity index (χ4v) is 5.55. The Kier molecular flexibility index (Phi) is 5.19. The van der Waals surface area contributed by atoms with E-state index in [4.69, 9.17) is 4.98 Å². The van der Waals surface area contributed by atoms with Crippen molar-refractivity contribution in [3.8, 4) is 0 Å². The molecule has 1 fully saturated rings. The average Bonchev–Trinajstić information content (AvgIpc) is 3.02. The first-order valence-electron chi connectivity index (χ1n) is 11.3. The molecule has 1 spiro atoms. The fraction of sp³-hybridized carbons (Fsp3) is 0.417. The van der Waals surface area contributed by atoms with Gasteiger partial charge in [-0.1, -0.05) is 12.1 Å². The van der Waals surface area contributed by atoms with Gasteiger partial charge in [-0.3, -0.25) is 34.8 Å². The van der Waals surface area contributed by atoms with E-state index in [1.54, 1.807) is 6.07 Å². The van der Waals surface area contributed by atoms with Crippen LogP contribution in [-0.4, -0.2) is 27.6 Å². The number of non-ortho nitro benzene ring substituents is 1. The highest BCUT2D eigenvalue weighted by molar-refractivity contribution is 6.12. The number of amides is 3. The molecule has 2 aromatic rings. The summed E-state index contributed by atoms with van der Waals surface area (Å²) in [7, 11) is 0. The minimum absolute atomic E-state index is 0.145. The summed E-state index contributed by atoms with van der Waals surface area (Å²) in [6.45, 7) is 0. The van der Waals surface area contributed by atoms with Crippen LogP contribution in [0.2, 0.25) is 0 Å². The number of hydrogen-bond donors (Lipinski definition) is 2. The number of carbonyl (C=O) groups excluding carboxylic acids is 3. The van der Waals surface area contributed by atoms with E-state index < -0.39 is 28.1 Å². The Balaban J connectivity index is 1.47. The van der Waals surface area contributed by atoms with E-state index in [-0.39, 0.29) is 23.7 Å². The topological polar surface area (TPSA) is 131 Å². The fourth-order valence-electron chi connectivity index (χ4n) is 5.55. The summed E-state index contributed by atoms with van der Waals surface area (Å²) in [6.07, 6.45) is 5.78. The Bertz CT molecular complexity index is 1190. The van der Waals surface area contributed by atoms with E-state index in [9.17, 15) is 24.5 Å². The van der Waals surface area contributed by atoms with E-state index in [1.165, 1.54) is 23.8 Å². The third kappa shape index (κ3) is 3.57. The van der Waals surface area contributed by atoms with Crippen LogP contribution in [0.4, 0.5) is 11.4 Å². The molecule has 0 saturated carbocycles. The molecule has 1 aromatic heterocycles. The SMILES string of the molecule is O=C(C[C@H]1C(=O)NC(=O)[C@@]12CCCc1cc3c(nc12)CCCC3)Nc1cccc([N+](=O)[O-])c1. The second kappa shape index (κ2) is 8.06.